The number of carbonyl (C=O) groups excluding carboxylic acids is 1. The number of unbranched alkanes of at least 4 members (excludes halogenated alkanes) is 1. The number of carbonyl (C=O) groups is 1. The molecule has 2 aromatic rings. The first-order chi connectivity index (χ1) is 11.6. The highest BCUT2D eigenvalue weighted by atomic mass is 32.2. The number of amides is 1. The van der Waals surface area contributed by atoms with Gasteiger partial charge in [0.1, 0.15) is 6.07 Å². The van der Waals surface area contributed by atoms with Crippen molar-refractivity contribution in [3.63, 3.8) is 0 Å². The largest absolute Gasteiger partial charge is 0.324 e. The van der Waals surface area contributed by atoms with E-state index < -0.39 is 0 Å². The molecule has 2 rings (SSSR count). The molecule has 8 heteroatoms. The van der Waals surface area contributed by atoms with Crippen LogP contribution >= 0.6 is 34.9 Å². The van der Waals surface area contributed by atoms with Crippen LogP contribution < -0.4 is 5.32 Å². The van der Waals surface area contributed by atoms with Crippen LogP contribution in [0.1, 0.15) is 32.3 Å². The summed E-state index contributed by atoms with van der Waals surface area (Å²) < 4.78 is 1.72. The van der Waals surface area contributed by atoms with Crippen LogP contribution in [-0.4, -0.2) is 27.1 Å². The van der Waals surface area contributed by atoms with Gasteiger partial charge in [-0.05, 0) is 25.5 Å². The predicted octanol–water partition coefficient (Wildman–Crippen LogP) is 4.42. The lowest BCUT2D eigenvalue weighted by Crippen LogP contribution is -2.22. The Morgan fingerprint density at radius 2 is 2.12 bits per heavy atom. The Kier molecular flexibility index (Phi) is 7.56. The summed E-state index contributed by atoms with van der Waals surface area (Å²) in [4.78, 5) is 12.3. The minimum atomic E-state index is -0.321. The molecule has 1 N–H and O–H groups in total. The van der Waals surface area contributed by atoms with E-state index in [2.05, 4.69) is 28.5 Å². The highest BCUT2D eigenvalue weighted by molar-refractivity contribution is 8.03. The lowest BCUT2D eigenvalue weighted by Gasteiger charge is -2.11. The Labute approximate surface area is 154 Å². The van der Waals surface area contributed by atoms with Gasteiger partial charge in [-0.15, -0.1) is 10.2 Å². The highest BCUT2D eigenvalue weighted by Crippen LogP contribution is 2.32. The molecule has 24 heavy (non-hydrogen) atoms. The number of hydrogen-bond donors (Lipinski definition) is 1. The number of thioether (sulfide) groups is 2. The van der Waals surface area contributed by atoms with E-state index in [-0.39, 0.29) is 11.2 Å². The molecule has 1 aromatic heterocycles. The summed E-state index contributed by atoms with van der Waals surface area (Å²) in [5, 5.41) is 19.8. The zero-order chi connectivity index (χ0) is 17.4. The minimum absolute atomic E-state index is 0.155. The number of nitriles is 1. The van der Waals surface area contributed by atoms with E-state index in [9.17, 15) is 4.79 Å². The molecule has 0 aliphatic heterocycles. The van der Waals surface area contributed by atoms with Crippen LogP contribution in [0.15, 0.2) is 32.9 Å². The number of aromatic nitrogens is 2. The van der Waals surface area contributed by atoms with Crippen LogP contribution in [0.4, 0.5) is 5.69 Å². The van der Waals surface area contributed by atoms with Gasteiger partial charge in [0.05, 0.1) is 16.5 Å². The predicted molar refractivity (Wildman–Crippen MR) is 101 cm³/mol. The molecule has 126 valence electrons. The number of nitrogens with zero attached hydrogens (tertiary/aromatic N) is 3. The second-order valence-corrected chi connectivity index (χ2v) is 8.85. The Balaban J connectivity index is 1.91. The van der Waals surface area contributed by atoms with Gasteiger partial charge in [-0.2, -0.15) is 5.26 Å². The van der Waals surface area contributed by atoms with Crippen LogP contribution in [0, 0.1) is 11.3 Å². The first-order valence-electron chi connectivity index (χ1n) is 7.57. The van der Waals surface area contributed by atoms with Crippen molar-refractivity contribution >= 4 is 46.5 Å². The normalized spacial score (nSPS) is 11.7. The first-order valence-corrected chi connectivity index (χ1v) is 10.2. The Morgan fingerprint density at radius 3 is 2.88 bits per heavy atom. The summed E-state index contributed by atoms with van der Waals surface area (Å²) >= 11 is 4.60. The van der Waals surface area contributed by atoms with E-state index in [0.29, 0.717) is 11.3 Å². The average molecular weight is 379 g/mol. The molecule has 0 aliphatic carbocycles. The number of hydrogen-bond acceptors (Lipinski definition) is 7. The van der Waals surface area contributed by atoms with Gasteiger partial charge in [-0.25, -0.2) is 0 Å². The smallest absolute Gasteiger partial charge is 0.237 e. The van der Waals surface area contributed by atoms with Gasteiger partial charge in [0, 0.05) is 5.75 Å². The van der Waals surface area contributed by atoms with Crippen LogP contribution in [0.25, 0.3) is 0 Å². The molecule has 1 heterocycles. The molecule has 5 nitrogen and oxygen atoms in total. The molecule has 0 saturated heterocycles. The molecule has 0 bridgehead atoms. The third-order valence-electron chi connectivity index (χ3n) is 3.06. The molecule has 1 aromatic carbocycles. The van der Waals surface area contributed by atoms with Gasteiger partial charge in [0.2, 0.25) is 5.91 Å². The molecular weight excluding hydrogens is 360 g/mol. The molecule has 0 saturated carbocycles. The maximum absolute atomic E-state index is 12.3. The second-order valence-electron chi connectivity index (χ2n) is 4.94. The molecule has 1 amide bonds. The lowest BCUT2D eigenvalue weighted by molar-refractivity contribution is -0.115. The maximum atomic E-state index is 12.3. The summed E-state index contributed by atoms with van der Waals surface area (Å²) in [6.07, 6.45) is 2.32. The molecule has 1 unspecified atom stereocenters. The van der Waals surface area contributed by atoms with Crippen molar-refractivity contribution in [3.05, 3.63) is 29.8 Å². The fourth-order valence-electron chi connectivity index (χ4n) is 1.74. The summed E-state index contributed by atoms with van der Waals surface area (Å²) in [6, 6.07) is 9.03. The first kappa shape index (κ1) is 18.8. The van der Waals surface area contributed by atoms with Gasteiger partial charge >= 0.3 is 0 Å². The van der Waals surface area contributed by atoms with E-state index in [1.807, 2.05) is 6.92 Å². The minimum Gasteiger partial charge on any atom is -0.324 e. The molecule has 0 aliphatic rings. The molecule has 0 radical (unpaired) electrons. The van der Waals surface area contributed by atoms with Crippen LogP contribution in [0.2, 0.25) is 0 Å². The third kappa shape index (κ3) is 5.51. The van der Waals surface area contributed by atoms with Crippen molar-refractivity contribution in [1.29, 1.82) is 5.26 Å². The monoisotopic (exact) mass is 378 g/mol. The number of rotatable bonds is 8. The zero-order valence-corrected chi connectivity index (χ0v) is 15.9. The SMILES string of the molecule is CCCCSc1nnc(SC(C)C(=O)Nc2ccccc2C#N)s1. The summed E-state index contributed by atoms with van der Waals surface area (Å²) in [5.41, 5.74) is 0.985. The van der Waals surface area contributed by atoms with Crippen LogP contribution in [-0.2, 0) is 4.79 Å². The number of para-hydroxylation sites is 1. The van der Waals surface area contributed by atoms with Crippen molar-refractivity contribution in [2.24, 2.45) is 0 Å². The Hall–Kier alpha value is -1.56. The van der Waals surface area contributed by atoms with E-state index in [1.165, 1.54) is 23.1 Å². The van der Waals surface area contributed by atoms with Crippen molar-refractivity contribution in [2.45, 2.75) is 40.6 Å². The van der Waals surface area contributed by atoms with Crippen molar-refractivity contribution in [3.8, 4) is 6.07 Å². The summed E-state index contributed by atoms with van der Waals surface area (Å²) in [5.74, 6) is 0.884. The lowest BCUT2D eigenvalue weighted by atomic mass is 10.2. The van der Waals surface area contributed by atoms with E-state index in [1.54, 1.807) is 36.0 Å². The van der Waals surface area contributed by atoms with Crippen LogP contribution in [0.3, 0.4) is 0 Å². The topological polar surface area (TPSA) is 78.7 Å². The van der Waals surface area contributed by atoms with Gasteiger partial charge in [-0.1, -0.05) is 60.3 Å². The summed E-state index contributed by atoms with van der Waals surface area (Å²) in [7, 11) is 0. The van der Waals surface area contributed by atoms with Gasteiger partial charge in [-0.3, -0.25) is 4.79 Å². The standard InChI is InChI=1S/C16H18N4OS3/c1-3-4-9-22-15-19-20-16(24-15)23-11(2)14(21)18-13-8-6-5-7-12(13)10-17/h5-8,11H,3-4,9H2,1-2H3,(H,18,21). The maximum Gasteiger partial charge on any atom is 0.237 e. The summed E-state index contributed by atoms with van der Waals surface area (Å²) in [6.45, 7) is 3.98. The fourth-order valence-corrected chi connectivity index (χ4v) is 5.05. The molecular formula is C16H18N4OS3. The molecule has 0 fully saturated rings. The van der Waals surface area contributed by atoms with Gasteiger partial charge in [0.25, 0.3) is 0 Å². The zero-order valence-electron chi connectivity index (χ0n) is 13.5. The highest BCUT2D eigenvalue weighted by Gasteiger charge is 2.18. The van der Waals surface area contributed by atoms with E-state index in [0.717, 1.165) is 27.3 Å². The van der Waals surface area contributed by atoms with E-state index >= 15 is 0 Å². The van der Waals surface area contributed by atoms with Gasteiger partial charge < -0.3 is 5.32 Å². The Morgan fingerprint density at radius 1 is 1.38 bits per heavy atom. The molecule has 1 atom stereocenters. The number of benzene rings is 1. The second kappa shape index (κ2) is 9.67. The van der Waals surface area contributed by atoms with Crippen molar-refractivity contribution in [1.82, 2.24) is 10.2 Å². The Bertz CT molecular complexity index is 726. The van der Waals surface area contributed by atoms with Gasteiger partial charge in [0.15, 0.2) is 8.68 Å². The van der Waals surface area contributed by atoms with Crippen LogP contribution in [0.5, 0.6) is 0 Å². The number of anilines is 1. The third-order valence-corrected chi connectivity index (χ3v) is 6.39. The quantitative estimate of drug-likeness (QED) is 0.541. The van der Waals surface area contributed by atoms with Crippen molar-refractivity contribution < 1.29 is 4.79 Å². The molecule has 0 spiro atoms. The fraction of sp³-hybridized carbons (Fsp3) is 0.375. The van der Waals surface area contributed by atoms with Crippen molar-refractivity contribution in [2.75, 3.05) is 11.1 Å². The van der Waals surface area contributed by atoms with E-state index in [4.69, 9.17) is 5.26 Å². The average Bonchev–Trinajstić information content (AvgIpc) is 3.03. The number of nitrogens with one attached hydrogen (secondary N) is 1.